The lowest BCUT2D eigenvalue weighted by Gasteiger charge is -2.22. The van der Waals surface area contributed by atoms with Crippen LogP contribution in [-0.4, -0.2) is 19.1 Å². The van der Waals surface area contributed by atoms with Gasteiger partial charge in [-0.15, -0.1) is 0 Å². The number of H-pyrrole nitrogens is 1. The van der Waals surface area contributed by atoms with Crippen molar-refractivity contribution in [3.8, 4) is 11.5 Å². The molecule has 27 heavy (non-hydrogen) atoms. The van der Waals surface area contributed by atoms with E-state index in [2.05, 4.69) is 9.97 Å². The number of nitrogens with zero attached hydrogens (tertiary/aromatic N) is 3. The van der Waals surface area contributed by atoms with Crippen LogP contribution in [0.5, 0.6) is 11.5 Å². The molecule has 0 unspecified atom stereocenters. The molecule has 8 heteroatoms. The van der Waals surface area contributed by atoms with Crippen molar-refractivity contribution < 1.29 is 9.47 Å². The van der Waals surface area contributed by atoms with E-state index in [4.69, 9.17) is 9.47 Å². The van der Waals surface area contributed by atoms with Gasteiger partial charge in [0.2, 0.25) is 0 Å². The molecule has 2 aromatic carbocycles. The maximum atomic E-state index is 12.9. The van der Waals surface area contributed by atoms with Crippen molar-refractivity contribution in [2.24, 2.45) is 7.05 Å². The zero-order valence-electron chi connectivity index (χ0n) is 14.4. The fraction of sp³-hybridized carbons (Fsp3) is 0.105. The second-order valence-corrected chi connectivity index (χ2v) is 5.79. The maximum absolute atomic E-state index is 12.9. The summed E-state index contributed by atoms with van der Waals surface area (Å²) < 4.78 is 13.9. The minimum absolute atomic E-state index is 0.190. The molecule has 0 atom stereocenters. The Labute approximate surface area is 153 Å². The Morgan fingerprint density at radius 1 is 0.926 bits per heavy atom. The largest absolute Gasteiger partial charge is 0.437 e. The van der Waals surface area contributed by atoms with E-state index in [0.717, 1.165) is 4.57 Å². The van der Waals surface area contributed by atoms with Crippen LogP contribution in [0.25, 0.3) is 11.2 Å². The first-order chi connectivity index (χ1) is 13.1. The fourth-order valence-electron chi connectivity index (χ4n) is 2.70. The highest BCUT2D eigenvalue weighted by molar-refractivity contribution is 5.68. The van der Waals surface area contributed by atoms with Gasteiger partial charge in [-0.1, -0.05) is 36.4 Å². The summed E-state index contributed by atoms with van der Waals surface area (Å²) in [7, 11) is 1.53. The highest BCUT2D eigenvalue weighted by Crippen LogP contribution is 2.20. The summed E-state index contributed by atoms with van der Waals surface area (Å²) in [5, 5.41) is 0. The Balaban J connectivity index is 1.86. The van der Waals surface area contributed by atoms with Crippen LogP contribution in [0.2, 0.25) is 0 Å². The van der Waals surface area contributed by atoms with E-state index in [9.17, 15) is 9.59 Å². The van der Waals surface area contributed by atoms with E-state index in [0.29, 0.717) is 11.5 Å². The lowest BCUT2D eigenvalue weighted by Crippen LogP contribution is -2.45. The van der Waals surface area contributed by atoms with E-state index in [1.54, 1.807) is 48.5 Å². The van der Waals surface area contributed by atoms with Gasteiger partial charge in [0.25, 0.3) is 5.56 Å². The van der Waals surface area contributed by atoms with Crippen molar-refractivity contribution in [3.63, 3.8) is 0 Å². The predicted molar refractivity (Wildman–Crippen MR) is 98.8 cm³/mol. The first kappa shape index (κ1) is 16.6. The van der Waals surface area contributed by atoms with Crippen molar-refractivity contribution in [2.75, 3.05) is 0 Å². The molecule has 0 amide bonds. The van der Waals surface area contributed by atoms with Crippen molar-refractivity contribution in [2.45, 2.75) is 6.41 Å². The number of para-hydroxylation sites is 2. The third kappa shape index (κ3) is 3.08. The Morgan fingerprint density at radius 2 is 1.48 bits per heavy atom. The number of nitrogens with one attached hydrogen (secondary N) is 1. The quantitative estimate of drug-likeness (QED) is 0.547. The van der Waals surface area contributed by atoms with E-state index < -0.39 is 17.7 Å². The number of aromatic amines is 1. The van der Waals surface area contributed by atoms with Crippen molar-refractivity contribution >= 4 is 11.2 Å². The Bertz CT molecular complexity index is 1140. The average molecular weight is 364 g/mol. The van der Waals surface area contributed by atoms with E-state index in [1.807, 2.05) is 12.1 Å². The molecular weight excluding hydrogens is 348 g/mol. The molecule has 0 aliphatic carbocycles. The molecule has 0 spiro atoms. The molecule has 4 rings (SSSR count). The number of rotatable bonds is 5. The number of benzene rings is 2. The molecule has 0 bridgehead atoms. The summed E-state index contributed by atoms with van der Waals surface area (Å²) in [6.45, 7) is 0. The molecule has 8 nitrogen and oxygen atoms in total. The number of hydrogen-bond donors (Lipinski definition) is 1. The summed E-state index contributed by atoms with van der Waals surface area (Å²) in [6, 6.07) is 17.7. The molecule has 2 heterocycles. The summed E-state index contributed by atoms with van der Waals surface area (Å²) in [6.07, 6.45) is 0.0646. The second kappa shape index (κ2) is 6.83. The number of fused-ring (bicyclic) bond motifs is 1. The minimum Gasteiger partial charge on any atom is -0.437 e. The first-order valence-corrected chi connectivity index (χ1v) is 8.23. The van der Waals surface area contributed by atoms with Gasteiger partial charge in [-0.3, -0.25) is 9.36 Å². The summed E-state index contributed by atoms with van der Waals surface area (Å²) in [5.41, 5.74) is -0.728. The van der Waals surface area contributed by atoms with Crippen molar-refractivity contribution in [1.29, 1.82) is 0 Å². The maximum Gasteiger partial charge on any atom is 0.338 e. The van der Waals surface area contributed by atoms with E-state index >= 15 is 0 Å². The predicted octanol–water partition coefficient (Wildman–Crippen LogP) is 2.04. The minimum atomic E-state index is -1.30. The number of ether oxygens (including phenoxy) is 2. The topological polar surface area (TPSA) is 91.1 Å². The van der Waals surface area contributed by atoms with Gasteiger partial charge in [0.1, 0.15) is 17.0 Å². The van der Waals surface area contributed by atoms with Gasteiger partial charge in [-0.2, -0.15) is 4.57 Å². The molecule has 0 aliphatic heterocycles. The van der Waals surface area contributed by atoms with Crippen LogP contribution < -0.4 is 20.7 Å². The van der Waals surface area contributed by atoms with Crippen molar-refractivity contribution in [3.05, 3.63) is 87.8 Å². The Kier molecular flexibility index (Phi) is 4.21. The molecule has 4 aromatic rings. The normalized spacial score (nSPS) is 11.0. The molecule has 0 aliphatic rings. The third-order valence-electron chi connectivity index (χ3n) is 4.03. The fourth-order valence-corrected chi connectivity index (χ4v) is 2.70. The van der Waals surface area contributed by atoms with Gasteiger partial charge < -0.3 is 14.5 Å². The van der Waals surface area contributed by atoms with Crippen LogP contribution in [0.15, 0.2) is 76.6 Å². The standard InChI is InChI=1S/C19H16N4O4/c1-22-16-15(20-12-21-16)17(24)23(18(22)25)19(26-13-8-4-2-5-9-13)27-14-10-6-3-7-11-14/h2-12,19H,1H3,(H,20,21). The second-order valence-electron chi connectivity index (χ2n) is 5.79. The van der Waals surface area contributed by atoms with Crippen LogP contribution >= 0.6 is 0 Å². The number of imidazole rings is 1. The number of hydrogen-bond acceptors (Lipinski definition) is 5. The zero-order valence-corrected chi connectivity index (χ0v) is 14.4. The van der Waals surface area contributed by atoms with Gasteiger partial charge in [0.15, 0.2) is 5.65 Å². The Hall–Kier alpha value is -3.81. The number of aromatic nitrogens is 4. The number of aryl methyl sites for hydroxylation is 1. The SMILES string of the molecule is Cn1c(=O)n(C(Oc2ccccc2)Oc2ccccc2)c(=O)c2[nH]cnc21. The van der Waals surface area contributed by atoms with Crippen LogP contribution in [0, 0.1) is 0 Å². The molecule has 0 saturated carbocycles. The van der Waals surface area contributed by atoms with Gasteiger partial charge in [0, 0.05) is 7.05 Å². The van der Waals surface area contributed by atoms with Gasteiger partial charge in [-0.05, 0) is 24.3 Å². The Morgan fingerprint density at radius 3 is 2.04 bits per heavy atom. The summed E-state index contributed by atoms with van der Waals surface area (Å²) in [4.78, 5) is 32.5. The summed E-state index contributed by atoms with van der Waals surface area (Å²) >= 11 is 0. The molecule has 0 fully saturated rings. The highest BCUT2D eigenvalue weighted by atomic mass is 16.7. The average Bonchev–Trinajstić information content (AvgIpc) is 3.18. The molecule has 136 valence electrons. The van der Waals surface area contributed by atoms with E-state index in [-0.39, 0.29) is 11.2 Å². The lowest BCUT2D eigenvalue weighted by molar-refractivity contribution is -0.0624. The highest BCUT2D eigenvalue weighted by Gasteiger charge is 2.23. The molecule has 1 N–H and O–H groups in total. The first-order valence-electron chi connectivity index (χ1n) is 8.23. The van der Waals surface area contributed by atoms with Crippen LogP contribution in [0.1, 0.15) is 6.41 Å². The van der Waals surface area contributed by atoms with Crippen LogP contribution in [0.3, 0.4) is 0 Å². The van der Waals surface area contributed by atoms with Gasteiger partial charge in [-0.25, -0.2) is 9.78 Å². The van der Waals surface area contributed by atoms with Crippen LogP contribution in [-0.2, 0) is 7.05 Å². The molecule has 0 radical (unpaired) electrons. The van der Waals surface area contributed by atoms with Crippen molar-refractivity contribution in [1.82, 2.24) is 19.1 Å². The third-order valence-corrected chi connectivity index (χ3v) is 4.03. The van der Waals surface area contributed by atoms with E-state index in [1.165, 1.54) is 17.9 Å². The van der Waals surface area contributed by atoms with Gasteiger partial charge >= 0.3 is 12.1 Å². The van der Waals surface area contributed by atoms with Gasteiger partial charge in [0.05, 0.1) is 6.33 Å². The smallest absolute Gasteiger partial charge is 0.338 e. The monoisotopic (exact) mass is 364 g/mol. The lowest BCUT2D eigenvalue weighted by atomic mass is 10.3. The summed E-state index contributed by atoms with van der Waals surface area (Å²) in [5.74, 6) is 0.911. The molecule has 0 saturated heterocycles. The molecular formula is C19H16N4O4. The molecule has 2 aromatic heterocycles. The zero-order chi connectivity index (χ0) is 18.8. The van der Waals surface area contributed by atoms with Crippen LogP contribution in [0.4, 0.5) is 0 Å².